The number of aliphatic hydroxyl groups is 1. The van der Waals surface area contributed by atoms with Crippen LogP contribution >= 0.6 is 23.2 Å². The number of rotatable bonds is 2. The Balaban J connectivity index is 1.97. The van der Waals surface area contributed by atoms with Gasteiger partial charge in [-0.3, -0.25) is 4.79 Å². The van der Waals surface area contributed by atoms with E-state index in [-0.39, 0.29) is 5.91 Å². The summed E-state index contributed by atoms with van der Waals surface area (Å²) in [7, 11) is 0. The highest BCUT2D eigenvalue weighted by Crippen LogP contribution is 2.33. The van der Waals surface area contributed by atoms with Gasteiger partial charge >= 0.3 is 0 Å². The van der Waals surface area contributed by atoms with E-state index in [4.69, 9.17) is 23.2 Å². The van der Waals surface area contributed by atoms with Crippen LogP contribution in [0.1, 0.15) is 22.8 Å². The fourth-order valence-corrected chi connectivity index (χ4v) is 2.83. The minimum absolute atomic E-state index is 0.0313. The first-order valence-electron chi connectivity index (χ1n) is 6.10. The molecule has 1 atom stereocenters. The van der Waals surface area contributed by atoms with Gasteiger partial charge in [-0.1, -0.05) is 41.4 Å². The van der Waals surface area contributed by atoms with Gasteiger partial charge in [-0.2, -0.15) is 0 Å². The third-order valence-corrected chi connectivity index (χ3v) is 3.89. The van der Waals surface area contributed by atoms with Crippen molar-refractivity contribution in [1.29, 1.82) is 0 Å². The van der Waals surface area contributed by atoms with Gasteiger partial charge in [0, 0.05) is 21.3 Å². The zero-order valence-corrected chi connectivity index (χ0v) is 11.9. The average Bonchev–Trinajstić information content (AvgIpc) is 2.77. The minimum Gasteiger partial charge on any atom is -0.384 e. The van der Waals surface area contributed by atoms with Crippen molar-refractivity contribution in [2.24, 2.45) is 0 Å². The molecular formula is C15H11Cl2NO2. The number of amides is 1. The van der Waals surface area contributed by atoms with Crippen LogP contribution in [0.15, 0.2) is 36.4 Å². The number of hydrogen-bond acceptors (Lipinski definition) is 2. The van der Waals surface area contributed by atoms with E-state index in [2.05, 4.69) is 5.32 Å². The Labute approximate surface area is 126 Å². The SMILES string of the molecule is O=C1Cc2cc(C(O)c3ccc(Cl)cc3Cl)ccc2N1. The fraction of sp³-hybridized carbons (Fsp3) is 0.133. The van der Waals surface area contributed by atoms with Crippen LogP contribution in [0, 0.1) is 0 Å². The molecule has 1 aliphatic heterocycles. The molecule has 2 aromatic carbocycles. The Morgan fingerprint density at radius 2 is 1.95 bits per heavy atom. The first-order valence-corrected chi connectivity index (χ1v) is 6.86. The lowest BCUT2D eigenvalue weighted by Gasteiger charge is -2.14. The van der Waals surface area contributed by atoms with Crippen molar-refractivity contribution >= 4 is 34.8 Å². The van der Waals surface area contributed by atoms with Gasteiger partial charge in [0.15, 0.2) is 0 Å². The number of halogens is 2. The van der Waals surface area contributed by atoms with Crippen LogP contribution in [-0.4, -0.2) is 11.0 Å². The maximum atomic E-state index is 11.3. The summed E-state index contributed by atoms with van der Waals surface area (Å²) in [5, 5.41) is 14.1. The van der Waals surface area contributed by atoms with E-state index < -0.39 is 6.10 Å². The first-order chi connectivity index (χ1) is 9.54. The molecule has 0 saturated carbocycles. The molecule has 2 aromatic rings. The molecule has 0 bridgehead atoms. The Kier molecular flexibility index (Phi) is 3.42. The number of carbonyl (C=O) groups excluding carboxylic acids is 1. The summed E-state index contributed by atoms with van der Waals surface area (Å²) < 4.78 is 0. The largest absolute Gasteiger partial charge is 0.384 e. The zero-order valence-electron chi connectivity index (χ0n) is 10.4. The van der Waals surface area contributed by atoms with Crippen molar-refractivity contribution in [3.05, 3.63) is 63.1 Å². The number of anilines is 1. The summed E-state index contributed by atoms with van der Waals surface area (Å²) in [5.41, 5.74) is 2.97. The normalized spacial score (nSPS) is 14.8. The lowest BCUT2D eigenvalue weighted by molar-refractivity contribution is -0.115. The average molecular weight is 308 g/mol. The van der Waals surface area contributed by atoms with E-state index in [0.29, 0.717) is 27.6 Å². The number of fused-ring (bicyclic) bond motifs is 1. The second-order valence-corrected chi connectivity index (χ2v) is 5.55. The lowest BCUT2D eigenvalue weighted by Crippen LogP contribution is -2.03. The van der Waals surface area contributed by atoms with Crippen molar-refractivity contribution < 1.29 is 9.90 Å². The molecule has 0 saturated heterocycles. The summed E-state index contributed by atoms with van der Waals surface area (Å²) in [6.45, 7) is 0. The topological polar surface area (TPSA) is 49.3 Å². The molecule has 1 heterocycles. The van der Waals surface area contributed by atoms with Crippen LogP contribution in [0.2, 0.25) is 10.0 Å². The van der Waals surface area contributed by atoms with Gasteiger partial charge in [-0.25, -0.2) is 0 Å². The van der Waals surface area contributed by atoms with E-state index in [1.165, 1.54) is 0 Å². The Morgan fingerprint density at radius 3 is 2.70 bits per heavy atom. The maximum absolute atomic E-state index is 11.3. The molecule has 0 fully saturated rings. The van der Waals surface area contributed by atoms with Crippen molar-refractivity contribution in [1.82, 2.24) is 0 Å². The number of nitrogens with one attached hydrogen (secondary N) is 1. The van der Waals surface area contributed by atoms with Crippen LogP contribution in [0.5, 0.6) is 0 Å². The maximum Gasteiger partial charge on any atom is 0.228 e. The Morgan fingerprint density at radius 1 is 1.15 bits per heavy atom. The summed E-state index contributed by atoms with van der Waals surface area (Å²) in [6, 6.07) is 10.4. The molecule has 0 spiro atoms. The molecule has 2 N–H and O–H groups in total. The molecule has 3 nitrogen and oxygen atoms in total. The lowest BCUT2D eigenvalue weighted by atomic mass is 9.99. The highest BCUT2D eigenvalue weighted by molar-refractivity contribution is 6.35. The predicted molar refractivity (Wildman–Crippen MR) is 79.3 cm³/mol. The molecule has 0 aliphatic carbocycles. The van der Waals surface area contributed by atoms with E-state index >= 15 is 0 Å². The summed E-state index contributed by atoms with van der Waals surface area (Å²) in [5.74, 6) is -0.0313. The van der Waals surface area contributed by atoms with Crippen LogP contribution in [0.3, 0.4) is 0 Å². The highest BCUT2D eigenvalue weighted by atomic mass is 35.5. The van der Waals surface area contributed by atoms with E-state index in [1.54, 1.807) is 30.3 Å². The zero-order chi connectivity index (χ0) is 14.3. The standard InChI is InChI=1S/C15H11Cl2NO2/c16-10-2-3-11(12(17)7-10)15(20)8-1-4-13-9(5-8)6-14(19)18-13/h1-5,7,15,20H,6H2,(H,18,19). The van der Waals surface area contributed by atoms with Gasteiger partial charge in [0.2, 0.25) is 5.91 Å². The molecule has 102 valence electrons. The number of hydrogen-bond donors (Lipinski definition) is 2. The smallest absolute Gasteiger partial charge is 0.228 e. The van der Waals surface area contributed by atoms with E-state index in [1.807, 2.05) is 6.07 Å². The molecule has 5 heteroatoms. The molecule has 1 aliphatic rings. The van der Waals surface area contributed by atoms with Crippen molar-refractivity contribution in [2.45, 2.75) is 12.5 Å². The molecule has 1 amide bonds. The number of carbonyl (C=O) groups is 1. The van der Waals surface area contributed by atoms with Gasteiger partial charge in [0.05, 0.1) is 6.42 Å². The Bertz CT molecular complexity index is 700. The Hall–Kier alpha value is -1.55. The summed E-state index contributed by atoms with van der Waals surface area (Å²) in [6.07, 6.45) is -0.509. The van der Waals surface area contributed by atoms with Crippen LogP contribution < -0.4 is 5.32 Å². The predicted octanol–water partition coefficient (Wildman–Crippen LogP) is 3.57. The minimum atomic E-state index is -0.847. The highest BCUT2D eigenvalue weighted by Gasteiger charge is 2.20. The molecule has 0 radical (unpaired) electrons. The summed E-state index contributed by atoms with van der Waals surface area (Å²) >= 11 is 12.0. The van der Waals surface area contributed by atoms with Gasteiger partial charge in [-0.05, 0) is 29.3 Å². The van der Waals surface area contributed by atoms with Gasteiger partial charge in [-0.15, -0.1) is 0 Å². The monoisotopic (exact) mass is 307 g/mol. The fourth-order valence-electron chi connectivity index (χ4n) is 2.32. The van der Waals surface area contributed by atoms with Gasteiger partial charge in [0.25, 0.3) is 0 Å². The van der Waals surface area contributed by atoms with E-state index in [0.717, 1.165) is 11.3 Å². The van der Waals surface area contributed by atoms with Crippen LogP contribution in [-0.2, 0) is 11.2 Å². The van der Waals surface area contributed by atoms with Crippen molar-refractivity contribution in [2.75, 3.05) is 5.32 Å². The number of benzene rings is 2. The molecule has 1 unspecified atom stereocenters. The molecular weight excluding hydrogens is 297 g/mol. The second-order valence-electron chi connectivity index (χ2n) is 4.71. The van der Waals surface area contributed by atoms with Gasteiger partial charge in [0.1, 0.15) is 6.10 Å². The van der Waals surface area contributed by atoms with Crippen molar-refractivity contribution in [3.63, 3.8) is 0 Å². The molecule has 0 aromatic heterocycles. The van der Waals surface area contributed by atoms with Crippen LogP contribution in [0.4, 0.5) is 5.69 Å². The first kappa shape index (κ1) is 13.4. The third kappa shape index (κ3) is 2.40. The van der Waals surface area contributed by atoms with Crippen LogP contribution in [0.25, 0.3) is 0 Å². The number of aliphatic hydroxyl groups excluding tert-OH is 1. The van der Waals surface area contributed by atoms with Crippen molar-refractivity contribution in [3.8, 4) is 0 Å². The molecule has 3 rings (SSSR count). The second kappa shape index (κ2) is 5.09. The van der Waals surface area contributed by atoms with Gasteiger partial charge < -0.3 is 10.4 Å². The quantitative estimate of drug-likeness (QED) is 0.891. The third-order valence-electron chi connectivity index (χ3n) is 3.33. The molecule has 20 heavy (non-hydrogen) atoms. The summed E-state index contributed by atoms with van der Waals surface area (Å²) in [4.78, 5) is 11.3. The van der Waals surface area contributed by atoms with E-state index in [9.17, 15) is 9.90 Å².